The van der Waals surface area contributed by atoms with Gasteiger partial charge in [0.2, 0.25) is 0 Å². The molecule has 1 fully saturated rings. The molecular formula is C17H21N5O2. The fourth-order valence-corrected chi connectivity index (χ4v) is 2.71. The highest BCUT2D eigenvalue weighted by atomic mass is 16.3. The molecule has 7 heteroatoms. The first-order chi connectivity index (χ1) is 11.8. The fraction of sp³-hybridized carbons (Fsp3) is 0.353. The molecule has 0 bridgehead atoms. The Morgan fingerprint density at radius 3 is 2.42 bits per heavy atom. The van der Waals surface area contributed by atoms with Gasteiger partial charge >= 0.3 is 0 Å². The topological polar surface area (TPSA) is 81.6 Å². The molecule has 0 saturated carbocycles. The molecule has 2 N–H and O–H groups in total. The number of pyridine rings is 2. The second-order valence-electron chi connectivity index (χ2n) is 5.54. The van der Waals surface area contributed by atoms with Crippen molar-refractivity contribution < 1.29 is 9.90 Å². The Labute approximate surface area is 141 Å². The molecule has 0 aromatic carbocycles. The quantitative estimate of drug-likeness (QED) is 0.833. The van der Waals surface area contributed by atoms with Crippen molar-refractivity contribution in [1.82, 2.24) is 15.3 Å². The van der Waals surface area contributed by atoms with Crippen LogP contribution < -0.4 is 15.1 Å². The third-order valence-corrected chi connectivity index (χ3v) is 3.98. The van der Waals surface area contributed by atoms with E-state index in [4.69, 9.17) is 5.11 Å². The van der Waals surface area contributed by atoms with E-state index in [1.807, 2.05) is 18.2 Å². The number of nitrogens with zero attached hydrogens (tertiary/aromatic N) is 4. The number of anilines is 2. The zero-order valence-electron chi connectivity index (χ0n) is 13.4. The second kappa shape index (κ2) is 7.74. The van der Waals surface area contributed by atoms with Crippen LogP contribution in [-0.2, 0) is 0 Å². The van der Waals surface area contributed by atoms with Crippen LogP contribution in [-0.4, -0.2) is 60.3 Å². The van der Waals surface area contributed by atoms with Gasteiger partial charge in [-0.25, -0.2) is 9.97 Å². The van der Waals surface area contributed by atoms with Crippen molar-refractivity contribution in [3.8, 4) is 0 Å². The van der Waals surface area contributed by atoms with Crippen LogP contribution in [0.15, 0.2) is 42.7 Å². The van der Waals surface area contributed by atoms with Crippen LogP contribution in [0.4, 0.5) is 11.6 Å². The number of aliphatic hydroxyl groups is 1. The van der Waals surface area contributed by atoms with Crippen LogP contribution in [0.2, 0.25) is 0 Å². The summed E-state index contributed by atoms with van der Waals surface area (Å²) in [7, 11) is 0. The summed E-state index contributed by atoms with van der Waals surface area (Å²) in [6.45, 7) is 3.55. The predicted molar refractivity (Wildman–Crippen MR) is 92.3 cm³/mol. The number of carbonyl (C=O) groups is 1. The molecule has 3 rings (SSSR count). The summed E-state index contributed by atoms with van der Waals surface area (Å²) < 4.78 is 0. The van der Waals surface area contributed by atoms with Crippen LogP contribution >= 0.6 is 0 Å². The van der Waals surface area contributed by atoms with Gasteiger partial charge in [-0.2, -0.15) is 0 Å². The fourth-order valence-electron chi connectivity index (χ4n) is 2.71. The number of aromatic nitrogens is 2. The first kappa shape index (κ1) is 16.2. The van der Waals surface area contributed by atoms with E-state index in [0.29, 0.717) is 5.56 Å². The van der Waals surface area contributed by atoms with Crippen molar-refractivity contribution in [1.29, 1.82) is 0 Å². The molecule has 0 atom stereocenters. The van der Waals surface area contributed by atoms with E-state index in [0.717, 1.165) is 37.8 Å². The van der Waals surface area contributed by atoms with Crippen molar-refractivity contribution in [3.63, 3.8) is 0 Å². The molecule has 0 aliphatic carbocycles. The van der Waals surface area contributed by atoms with Gasteiger partial charge in [0.15, 0.2) is 0 Å². The Morgan fingerprint density at radius 1 is 1.04 bits per heavy atom. The first-order valence-electron chi connectivity index (χ1n) is 8.04. The number of carbonyl (C=O) groups excluding carboxylic acids is 1. The zero-order chi connectivity index (χ0) is 16.8. The highest BCUT2D eigenvalue weighted by Gasteiger charge is 2.19. The van der Waals surface area contributed by atoms with Crippen LogP contribution in [0.1, 0.15) is 10.4 Å². The lowest BCUT2D eigenvalue weighted by molar-refractivity contribution is 0.0944. The Hall–Kier alpha value is -2.67. The molecule has 1 aliphatic rings. The Morgan fingerprint density at radius 2 is 1.75 bits per heavy atom. The van der Waals surface area contributed by atoms with E-state index in [9.17, 15) is 4.79 Å². The van der Waals surface area contributed by atoms with Crippen molar-refractivity contribution in [2.24, 2.45) is 0 Å². The highest BCUT2D eigenvalue weighted by molar-refractivity contribution is 5.94. The van der Waals surface area contributed by atoms with Gasteiger partial charge in [-0.15, -0.1) is 0 Å². The summed E-state index contributed by atoms with van der Waals surface area (Å²) in [4.78, 5) is 25.2. The average molecular weight is 327 g/mol. The lowest BCUT2D eigenvalue weighted by Gasteiger charge is -2.36. The molecule has 0 spiro atoms. The van der Waals surface area contributed by atoms with Crippen molar-refractivity contribution in [2.75, 3.05) is 49.1 Å². The minimum atomic E-state index is -0.195. The number of piperazine rings is 1. The second-order valence-corrected chi connectivity index (χ2v) is 5.54. The Kier molecular flexibility index (Phi) is 5.22. The summed E-state index contributed by atoms with van der Waals surface area (Å²) >= 11 is 0. The van der Waals surface area contributed by atoms with E-state index < -0.39 is 0 Å². The van der Waals surface area contributed by atoms with Crippen molar-refractivity contribution in [3.05, 3.63) is 48.3 Å². The molecule has 3 heterocycles. The first-order valence-corrected chi connectivity index (χ1v) is 8.04. The van der Waals surface area contributed by atoms with Gasteiger partial charge in [-0.3, -0.25) is 4.79 Å². The van der Waals surface area contributed by atoms with Gasteiger partial charge in [0.25, 0.3) is 5.91 Å². The number of nitrogens with one attached hydrogen (secondary N) is 1. The molecule has 1 amide bonds. The third-order valence-electron chi connectivity index (χ3n) is 3.98. The maximum absolute atomic E-state index is 12.0. The van der Waals surface area contributed by atoms with Gasteiger partial charge in [0.05, 0.1) is 6.61 Å². The summed E-state index contributed by atoms with van der Waals surface area (Å²) in [5.41, 5.74) is 0.556. The number of amides is 1. The SMILES string of the molecule is O=C(NCCO)c1ccnc(N2CCN(c3ccccn3)CC2)c1. The molecule has 1 saturated heterocycles. The minimum Gasteiger partial charge on any atom is -0.395 e. The zero-order valence-corrected chi connectivity index (χ0v) is 13.4. The van der Waals surface area contributed by atoms with Gasteiger partial charge in [-0.05, 0) is 24.3 Å². The molecule has 126 valence electrons. The number of rotatable bonds is 5. The smallest absolute Gasteiger partial charge is 0.251 e. The van der Waals surface area contributed by atoms with Crippen LogP contribution in [0.25, 0.3) is 0 Å². The molecule has 2 aromatic heterocycles. The largest absolute Gasteiger partial charge is 0.395 e. The molecule has 0 unspecified atom stereocenters. The maximum Gasteiger partial charge on any atom is 0.251 e. The maximum atomic E-state index is 12.0. The van der Waals surface area contributed by atoms with E-state index in [2.05, 4.69) is 25.1 Å². The van der Waals surface area contributed by atoms with E-state index in [-0.39, 0.29) is 19.1 Å². The van der Waals surface area contributed by atoms with Crippen LogP contribution in [0.5, 0.6) is 0 Å². The predicted octanol–water partition coefficient (Wildman–Crippen LogP) is 0.525. The van der Waals surface area contributed by atoms with Crippen molar-refractivity contribution >= 4 is 17.5 Å². The average Bonchev–Trinajstić information content (AvgIpc) is 2.67. The molecule has 1 aliphatic heterocycles. The third kappa shape index (κ3) is 3.80. The molecule has 7 nitrogen and oxygen atoms in total. The Bertz CT molecular complexity index is 672. The Balaban J connectivity index is 1.63. The van der Waals surface area contributed by atoms with E-state index >= 15 is 0 Å². The summed E-state index contributed by atoms with van der Waals surface area (Å²) in [6.07, 6.45) is 3.45. The number of aliphatic hydroxyl groups excluding tert-OH is 1. The van der Waals surface area contributed by atoms with Crippen molar-refractivity contribution in [2.45, 2.75) is 0 Å². The normalized spacial score (nSPS) is 14.5. The summed E-state index contributed by atoms with van der Waals surface area (Å²) in [5, 5.41) is 11.4. The van der Waals surface area contributed by atoms with E-state index in [1.165, 1.54) is 0 Å². The summed E-state index contributed by atoms with van der Waals surface area (Å²) in [5.74, 6) is 1.59. The van der Waals surface area contributed by atoms with Crippen LogP contribution in [0, 0.1) is 0 Å². The van der Waals surface area contributed by atoms with Gasteiger partial charge in [-0.1, -0.05) is 6.07 Å². The minimum absolute atomic E-state index is 0.0703. The van der Waals surface area contributed by atoms with Gasteiger partial charge in [0, 0.05) is 50.7 Å². The summed E-state index contributed by atoms with van der Waals surface area (Å²) in [6, 6.07) is 9.39. The lowest BCUT2D eigenvalue weighted by Crippen LogP contribution is -2.47. The standard InChI is InChI=1S/C17H21N5O2/c23-12-7-20-17(24)14-4-6-19-16(13-14)22-10-8-21(9-11-22)15-3-1-2-5-18-15/h1-6,13,23H,7-12H2,(H,20,24). The molecule has 0 radical (unpaired) electrons. The van der Waals surface area contributed by atoms with Gasteiger partial charge in [0.1, 0.15) is 11.6 Å². The highest BCUT2D eigenvalue weighted by Crippen LogP contribution is 2.18. The monoisotopic (exact) mass is 327 g/mol. The lowest BCUT2D eigenvalue weighted by atomic mass is 10.2. The molecular weight excluding hydrogens is 306 g/mol. The number of hydrogen-bond donors (Lipinski definition) is 2. The van der Waals surface area contributed by atoms with Gasteiger partial charge < -0.3 is 20.2 Å². The van der Waals surface area contributed by atoms with E-state index in [1.54, 1.807) is 24.5 Å². The van der Waals surface area contributed by atoms with Crippen LogP contribution in [0.3, 0.4) is 0 Å². The molecule has 2 aromatic rings. The number of hydrogen-bond acceptors (Lipinski definition) is 6. The molecule has 24 heavy (non-hydrogen) atoms.